The number of hydrogen-bond donors (Lipinski definition) is 2. The van der Waals surface area contributed by atoms with Gasteiger partial charge in [-0.05, 0) is 92.6 Å². The van der Waals surface area contributed by atoms with Crippen LogP contribution in [0.1, 0.15) is 78.5 Å². The van der Waals surface area contributed by atoms with Crippen LogP contribution in [0.25, 0.3) is 11.0 Å². The highest BCUT2D eigenvalue weighted by Crippen LogP contribution is 2.39. The van der Waals surface area contributed by atoms with Gasteiger partial charge in [-0.25, -0.2) is 4.68 Å². The standard InChI is InChI=1S/C32H38N4O7S/c1-5-42-31(39)18-28(26-11-12-29-32(21(26)3)33-34-35(29)14-6-7-15-37)23-9-8-20(2)27(17-23)22(4)36-19-24-16-25(38)10-13-30(24)43-44(36,40)41/h8-13,16-17,22,28,37-38H,5-7,14-15,18-19H2,1-4H3/t22-,28?/m1/s1. The van der Waals surface area contributed by atoms with Gasteiger partial charge in [0, 0.05) is 31.2 Å². The lowest BCUT2D eigenvalue weighted by atomic mass is 9.83. The van der Waals surface area contributed by atoms with Gasteiger partial charge in [-0.3, -0.25) is 4.79 Å². The third kappa shape index (κ3) is 6.28. The zero-order valence-corrected chi connectivity index (χ0v) is 26.2. The van der Waals surface area contributed by atoms with E-state index < -0.39 is 22.3 Å². The van der Waals surface area contributed by atoms with E-state index in [1.807, 2.05) is 48.9 Å². The van der Waals surface area contributed by atoms with Gasteiger partial charge in [0.25, 0.3) is 0 Å². The van der Waals surface area contributed by atoms with Crippen molar-refractivity contribution in [3.63, 3.8) is 0 Å². The third-order valence-electron chi connectivity index (χ3n) is 8.25. The first kappa shape index (κ1) is 31.4. The van der Waals surface area contributed by atoms with Gasteiger partial charge in [0.2, 0.25) is 0 Å². The molecular formula is C32H38N4O7S. The molecule has 234 valence electrons. The van der Waals surface area contributed by atoms with Gasteiger partial charge in [-0.15, -0.1) is 5.10 Å². The molecule has 1 aliphatic heterocycles. The van der Waals surface area contributed by atoms with Crippen molar-refractivity contribution in [1.29, 1.82) is 0 Å². The monoisotopic (exact) mass is 622 g/mol. The first-order chi connectivity index (χ1) is 21.0. The fourth-order valence-corrected chi connectivity index (χ4v) is 7.17. The zero-order chi connectivity index (χ0) is 31.6. The lowest BCUT2D eigenvalue weighted by Gasteiger charge is -2.33. The summed E-state index contributed by atoms with van der Waals surface area (Å²) >= 11 is 0. The minimum absolute atomic E-state index is 0.0248. The van der Waals surface area contributed by atoms with Crippen LogP contribution >= 0.6 is 0 Å². The van der Waals surface area contributed by atoms with E-state index in [4.69, 9.17) is 14.0 Å². The normalized spacial score (nSPS) is 15.8. The number of carbonyl (C=O) groups excluding carboxylic acids is 1. The predicted octanol–water partition coefficient (Wildman–Crippen LogP) is 4.81. The predicted molar refractivity (Wildman–Crippen MR) is 164 cm³/mol. The molecule has 1 unspecified atom stereocenters. The number of aromatic nitrogens is 3. The number of unbranched alkanes of at least 4 members (excludes halogenated alkanes) is 1. The summed E-state index contributed by atoms with van der Waals surface area (Å²) in [5, 5.41) is 27.9. The van der Waals surface area contributed by atoms with E-state index in [1.54, 1.807) is 13.8 Å². The number of benzene rings is 3. The van der Waals surface area contributed by atoms with E-state index in [1.165, 1.54) is 22.5 Å². The summed E-state index contributed by atoms with van der Waals surface area (Å²) in [7, 11) is -4.12. The van der Waals surface area contributed by atoms with Crippen molar-refractivity contribution in [3.05, 3.63) is 81.9 Å². The number of phenols is 1. The Morgan fingerprint density at radius 1 is 1.09 bits per heavy atom. The number of aryl methyl sites for hydroxylation is 3. The van der Waals surface area contributed by atoms with Crippen LogP contribution in [0.4, 0.5) is 0 Å². The van der Waals surface area contributed by atoms with E-state index in [2.05, 4.69) is 10.3 Å². The summed E-state index contributed by atoms with van der Waals surface area (Å²) < 4.78 is 40.3. The number of hydrogen-bond acceptors (Lipinski definition) is 9. The summed E-state index contributed by atoms with van der Waals surface area (Å²) in [5.41, 5.74) is 6.44. The van der Waals surface area contributed by atoms with Crippen molar-refractivity contribution in [2.75, 3.05) is 13.2 Å². The lowest BCUT2D eigenvalue weighted by Crippen LogP contribution is -2.39. The molecule has 0 radical (unpaired) electrons. The van der Waals surface area contributed by atoms with Gasteiger partial charge in [0.15, 0.2) is 0 Å². The van der Waals surface area contributed by atoms with Gasteiger partial charge in [0.1, 0.15) is 17.0 Å². The molecular weight excluding hydrogens is 584 g/mol. The van der Waals surface area contributed by atoms with E-state index in [0.29, 0.717) is 18.5 Å². The maximum Gasteiger partial charge on any atom is 0.386 e. The van der Waals surface area contributed by atoms with Gasteiger partial charge < -0.3 is 19.1 Å². The van der Waals surface area contributed by atoms with Crippen molar-refractivity contribution in [1.82, 2.24) is 19.3 Å². The number of esters is 1. The molecule has 12 heteroatoms. The Kier molecular flexibility index (Phi) is 9.23. The Hall–Kier alpha value is -4.00. The summed E-state index contributed by atoms with van der Waals surface area (Å²) in [6.45, 7) is 8.49. The van der Waals surface area contributed by atoms with Crippen molar-refractivity contribution >= 4 is 27.3 Å². The maximum absolute atomic E-state index is 13.2. The zero-order valence-electron chi connectivity index (χ0n) is 25.4. The van der Waals surface area contributed by atoms with Crippen molar-refractivity contribution in [2.45, 2.75) is 72.0 Å². The Labute approximate surface area is 257 Å². The molecule has 44 heavy (non-hydrogen) atoms. The largest absolute Gasteiger partial charge is 0.508 e. The topological polar surface area (TPSA) is 144 Å². The smallest absolute Gasteiger partial charge is 0.386 e. The third-order valence-corrected chi connectivity index (χ3v) is 9.66. The SMILES string of the molecule is CCOC(=O)CC(c1ccc(C)c([C@@H](C)N2Cc3cc(O)ccc3OS2(=O)=O)c1)c1ccc2c(nnn2CCCCO)c1C. The summed E-state index contributed by atoms with van der Waals surface area (Å²) in [4.78, 5) is 12.9. The number of aromatic hydroxyl groups is 1. The van der Waals surface area contributed by atoms with Crippen molar-refractivity contribution in [3.8, 4) is 11.5 Å². The molecule has 0 saturated carbocycles. The number of ether oxygens (including phenoxy) is 1. The Morgan fingerprint density at radius 3 is 2.64 bits per heavy atom. The minimum atomic E-state index is -4.12. The highest BCUT2D eigenvalue weighted by Gasteiger charge is 2.37. The summed E-state index contributed by atoms with van der Waals surface area (Å²) in [6, 6.07) is 13.5. The lowest BCUT2D eigenvalue weighted by molar-refractivity contribution is -0.143. The van der Waals surface area contributed by atoms with Crippen LogP contribution in [0.3, 0.4) is 0 Å². The van der Waals surface area contributed by atoms with E-state index in [9.17, 15) is 18.3 Å². The van der Waals surface area contributed by atoms with Crippen LogP contribution < -0.4 is 4.18 Å². The second kappa shape index (κ2) is 12.9. The molecule has 0 bridgehead atoms. The number of phenolic OH excluding ortho intramolecular Hbond substituents is 1. The van der Waals surface area contributed by atoms with Gasteiger partial charge >= 0.3 is 16.3 Å². The molecule has 0 aliphatic carbocycles. The second-order valence-electron chi connectivity index (χ2n) is 11.1. The van der Waals surface area contributed by atoms with E-state index in [0.717, 1.165) is 45.3 Å². The molecule has 3 aromatic carbocycles. The number of rotatable bonds is 11. The fraction of sp³-hybridized carbons (Fsp3) is 0.406. The van der Waals surface area contributed by atoms with Gasteiger partial charge in [-0.1, -0.05) is 29.5 Å². The number of aliphatic hydroxyl groups excluding tert-OH is 1. The number of aliphatic hydroxyl groups is 1. The summed E-state index contributed by atoms with van der Waals surface area (Å²) in [6.07, 6.45) is 1.53. The molecule has 0 spiro atoms. The molecule has 0 fully saturated rings. The van der Waals surface area contributed by atoms with E-state index >= 15 is 0 Å². The molecule has 1 aliphatic rings. The highest BCUT2D eigenvalue weighted by molar-refractivity contribution is 7.84. The summed E-state index contributed by atoms with van der Waals surface area (Å²) in [5.74, 6) is -0.515. The highest BCUT2D eigenvalue weighted by atomic mass is 32.2. The van der Waals surface area contributed by atoms with Crippen molar-refractivity contribution in [2.24, 2.45) is 0 Å². The van der Waals surface area contributed by atoms with E-state index in [-0.39, 0.29) is 43.6 Å². The molecule has 4 aromatic rings. The second-order valence-corrected chi connectivity index (χ2v) is 12.6. The Balaban J connectivity index is 1.54. The maximum atomic E-state index is 13.2. The minimum Gasteiger partial charge on any atom is -0.508 e. The quantitative estimate of drug-likeness (QED) is 0.178. The van der Waals surface area contributed by atoms with Crippen LogP contribution in [-0.2, 0) is 32.9 Å². The molecule has 2 N–H and O–H groups in total. The van der Waals surface area contributed by atoms with Gasteiger partial charge in [0.05, 0.1) is 24.6 Å². The van der Waals surface area contributed by atoms with Crippen LogP contribution in [-0.4, -0.2) is 57.1 Å². The molecule has 2 atom stereocenters. The first-order valence-corrected chi connectivity index (χ1v) is 16.1. The molecule has 0 saturated heterocycles. The molecule has 1 aromatic heterocycles. The Morgan fingerprint density at radius 2 is 1.89 bits per heavy atom. The number of nitrogens with zero attached hydrogens (tertiary/aromatic N) is 4. The molecule has 11 nitrogen and oxygen atoms in total. The average Bonchev–Trinajstić information content (AvgIpc) is 3.40. The molecule has 0 amide bonds. The Bertz CT molecular complexity index is 1790. The number of fused-ring (bicyclic) bond motifs is 2. The number of carbonyl (C=O) groups is 1. The van der Waals surface area contributed by atoms with Crippen LogP contribution in [0.2, 0.25) is 0 Å². The molecule has 5 rings (SSSR count). The first-order valence-electron chi connectivity index (χ1n) is 14.8. The van der Waals surface area contributed by atoms with Crippen LogP contribution in [0.15, 0.2) is 48.5 Å². The van der Waals surface area contributed by atoms with Crippen LogP contribution in [0.5, 0.6) is 11.5 Å². The average molecular weight is 623 g/mol. The van der Waals surface area contributed by atoms with Gasteiger partial charge in [-0.2, -0.15) is 12.7 Å². The van der Waals surface area contributed by atoms with Crippen LogP contribution in [0, 0.1) is 13.8 Å². The fourth-order valence-electron chi connectivity index (χ4n) is 5.88. The van der Waals surface area contributed by atoms with Crippen molar-refractivity contribution < 1.29 is 32.3 Å². The molecule has 2 heterocycles.